The highest BCUT2D eigenvalue weighted by Crippen LogP contribution is 2.24. The molecule has 2 N–H and O–H groups in total. The smallest absolute Gasteiger partial charge is 0.313 e. The Morgan fingerprint density at radius 1 is 0.964 bits per heavy atom. The molecule has 0 saturated carbocycles. The number of anilines is 2. The lowest BCUT2D eigenvalue weighted by atomic mass is 10.1. The van der Waals surface area contributed by atoms with Gasteiger partial charge in [-0.05, 0) is 61.8 Å². The van der Waals surface area contributed by atoms with Gasteiger partial charge in [-0.3, -0.25) is 9.59 Å². The van der Waals surface area contributed by atoms with Crippen LogP contribution >= 0.6 is 11.8 Å². The van der Waals surface area contributed by atoms with Crippen LogP contribution < -0.4 is 15.5 Å². The minimum absolute atomic E-state index is 0.430. The molecule has 0 aliphatic carbocycles. The van der Waals surface area contributed by atoms with Gasteiger partial charge in [-0.2, -0.15) is 0 Å². The Morgan fingerprint density at radius 2 is 1.68 bits per heavy atom. The monoisotopic (exact) mass is 397 g/mol. The van der Waals surface area contributed by atoms with Crippen molar-refractivity contribution in [3.63, 3.8) is 0 Å². The highest BCUT2D eigenvalue weighted by Gasteiger charge is 2.15. The highest BCUT2D eigenvalue weighted by molar-refractivity contribution is 7.98. The highest BCUT2D eigenvalue weighted by atomic mass is 32.2. The number of para-hydroxylation sites is 1. The molecule has 0 aromatic heterocycles. The molecule has 1 aliphatic heterocycles. The zero-order chi connectivity index (χ0) is 19.8. The van der Waals surface area contributed by atoms with Crippen LogP contribution in [0.2, 0.25) is 0 Å². The van der Waals surface area contributed by atoms with E-state index < -0.39 is 11.8 Å². The molecule has 1 aliphatic rings. The van der Waals surface area contributed by atoms with Crippen LogP contribution in [0.5, 0.6) is 0 Å². The molecule has 2 aromatic rings. The summed E-state index contributed by atoms with van der Waals surface area (Å²) in [6, 6.07) is 15.9. The van der Waals surface area contributed by atoms with Gasteiger partial charge >= 0.3 is 11.8 Å². The van der Waals surface area contributed by atoms with Crippen LogP contribution in [0.4, 0.5) is 11.4 Å². The van der Waals surface area contributed by atoms with Crippen molar-refractivity contribution in [3.8, 4) is 0 Å². The lowest BCUT2D eigenvalue weighted by Crippen LogP contribution is -2.36. The molecule has 0 spiro atoms. The molecule has 2 aromatic carbocycles. The van der Waals surface area contributed by atoms with Gasteiger partial charge in [-0.15, -0.1) is 11.8 Å². The first kappa shape index (κ1) is 20.3. The third kappa shape index (κ3) is 5.52. The Labute approximate surface area is 170 Å². The first-order chi connectivity index (χ1) is 13.7. The van der Waals surface area contributed by atoms with E-state index in [0.717, 1.165) is 23.5 Å². The van der Waals surface area contributed by atoms with Crippen molar-refractivity contribution in [1.29, 1.82) is 0 Å². The quantitative estimate of drug-likeness (QED) is 0.576. The van der Waals surface area contributed by atoms with E-state index in [1.807, 2.05) is 24.5 Å². The second kappa shape index (κ2) is 10.2. The van der Waals surface area contributed by atoms with Crippen molar-refractivity contribution >= 4 is 35.0 Å². The van der Waals surface area contributed by atoms with Crippen LogP contribution in [0.15, 0.2) is 53.4 Å². The number of thioether (sulfide) groups is 1. The number of carbonyl (C=O) groups is 2. The Morgan fingerprint density at radius 3 is 2.39 bits per heavy atom. The van der Waals surface area contributed by atoms with Crippen molar-refractivity contribution in [2.75, 3.05) is 36.1 Å². The fourth-order valence-electron chi connectivity index (χ4n) is 3.35. The minimum atomic E-state index is -0.637. The van der Waals surface area contributed by atoms with E-state index in [9.17, 15) is 9.59 Å². The molecule has 0 atom stereocenters. The van der Waals surface area contributed by atoms with Crippen LogP contribution in [-0.4, -0.2) is 37.7 Å². The lowest BCUT2D eigenvalue weighted by Gasteiger charge is -2.28. The molecule has 148 valence electrons. The van der Waals surface area contributed by atoms with Crippen molar-refractivity contribution in [1.82, 2.24) is 5.32 Å². The number of amides is 2. The zero-order valence-corrected chi connectivity index (χ0v) is 17.1. The number of rotatable bonds is 6. The molecule has 5 nitrogen and oxygen atoms in total. The number of hydrogen-bond donors (Lipinski definition) is 2. The molecule has 0 unspecified atom stereocenters. The summed E-state index contributed by atoms with van der Waals surface area (Å²) in [5, 5.41) is 5.37. The predicted molar refractivity (Wildman–Crippen MR) is 116 cm³/mol. The van der Waals surface area contributed by atoms with E-state index in [4.69, 9.17) is 0 Å². The normalized spacial score (nSPS) is 13.8. The van der Waals surface area contributed by atoms with Crippen LogP contribution in [0.25, 0.3) is 0 Å². The topological polar surface area (TPSA) is 61.4 Å². The number of nitrogens with zero attached hydrogens (tertiary/aromatic N) is 1. The minimum Gasteiger partial charge on any atom is -0.372 e. The molecule has 2 amide bonds. The zero-order valence-electron chi connectivity index (χ0n) is 16.2. The van der Waals surface area contributed by atoms with Crippen molar-refractivity contribution in [2.45, 2.75) is 30.6 Å². The van der Waals surface area contributed by atoms with Gasteiger partial charge in [-0.1, -0.05) is 24.3 Å². The largest absolute Gasteiger partial charge is 0.372 e. The van der Waals surface area contributed by atoms with Crippen molar-refractivity contribution in [3.05, 3.63) is 54.1 Å². The number of carbonyl (C=O) groups excluding carboxylic acids is 2. The number of benzene rings is 2. The standard InChI is InChI=1S/C22H27N3O2S/c1-28-20-8-4-3-7-19(20)24-22(27)21(26)23-14-13-17-9-11-18(12-10-17)25-15-5-2-6-16-25/h3-4,7-12H,2,5-6,13-16H2,1H3,(H,23,26)(H,24,27). The van der Waals surface area contributed by atoms with Gasteiger partial charge in [0.1, 0.15) is 0 Å². The summed E-state index contributed by atoms with van der Waals surface area (Å²) in [5.74, 6) is -1.25. The average Bonchev–Trinajstić information content (AvgIpc) is 2.75. The number of nitrogens with one attached hydrogen (secondary N) is 2. The van der Waals surface area contributed by atoms with Crippen LogP contribution in [0.3, 0.4) is 0 Å². The van der Waals surface area contributed by atoms with Gasteiger partial charge in [0.05, 0.1) is 5.69 Å². The van der Waals surface area contributed by atoms with Crippen molar-refractivity contribution in [2.24, 2.45) is 0 Å². The maximum Gasteiger partial charge on any atom is 0.313 e. The van der Waals surface area contributed by atoms with Gasteiger partial charge in [0.25, 0.3) is 0 Å². The molecular weight excluding hydrogens is 370 g/mol. The fraction of sp³-hybridized carbons (Fsp3) is 0.364. The molecule has 1 saturated heterocycles. The maximum absolute atomic E-state index is 12.1. The molecule has 3 rings (SSSR count). The van der Waals surface area contributed by atoms with Crippen LogP contribution in [0, 0.1) is 0 Å². The summed E-state index contributed by atoms with van der Waals surface area (Å²) >= 11 is 1.53. The predicted octanol–water partition coefficient (Wildman–Crippen LogP) is 3.70. The summed E-state index contributed by atoms with van der Waals surface area (Å²) in [6.07, 6.45) is 6.47. The SMILES string of the molecule is CSc1ccccc1NC(=O)C(=O)NCCc1ccc(N2CCCCC2)cc1. The summed E-state index contributed by atoms with van der Waals surface area (Å²) in [7, 11) is 0. The van der Waals surface area contributed by atoms with Gasteiger partial charge in [0.2, 0.25) is 0 Å². The second-order valence-corrected chi connectivity index (χ2v) is 7.72. The van der Waals surface area contributed by atoms with E-state index in [-0.39, 0.29) is 0 Å². The van der Waals surface area contributed by atoms with E-state index in [0.29, 0.717) is 18.7 Å². The summed E-state index contributed by atoms with van der Waals surface area (Å²) in [6.45, 7) is 2.69. The van der Waals surface area contributed by atoms with E-state index in [1.165, 1.54) is 36.7 Å². The van der Waals surface area contributed by atoms with Gasteiger partial charge in [0, 0.05) is 30.2 Å². The van der Waals surface area contributed by atoms with E-state index in [2.05, 4.69) is 39.8 Å². The Bertz CT molecular complexity index is 802. The fourth-order valence-corrected chi connectivity index (χ4v) is 3.91. The number of piperidine rings is 1. The second-order valence-electron chi connectivity index (χ2n) is 6.87. The molecular formula is C22H27N3O2S. The maximum atomic E-state index is 12.1. The molecule has 0 bridgehead atoms. The first-order valence-corrected chi connectivity index (χ1v) is 11.0. The third-order valence-electron chi connectivity index (χ3n) is 4.92. The Kier molecular flexibility index (Phi) is 7.37. The van der Waals surface area contributed by atoms with Crippen LogP contribution in [-0.2, 0) is 16.0 Å². The summed E-state index contributed by atoms with van der Waals surface area (Å²) in [4.78, 5) is 27.5. The number of hydrogen-bond acceptors (Lipinski definition) is 4. The van der Waals surface area contributed by atoms with Gasteiger partial charge in [0.15, 0.2) is 0 Å². The Balaban J connectivity index is 1.45. The van der Waals surface area contributed by atoms with Crippen molar-refractivity contribution < 1.29 is 9.59 Å². The summed E-state index contributed by atoms with van der Waals surface area (Å²) < 4.78 is 0. The van der Waals surface area contributed by atoms with E-state index in [1.54, 1.807) is 6.07 Å². The molecule has 6 heteroatoms. The average molecular weight is 398 g/mol. The first-order valence-electron chi connectivity index (χ1n) is 9.73. The van der Waals surface area contributed by atoms with E-state index >= 15 is 0 Å². The lowest BCUT2D eigenvalue weighted by molar-refractivity contribution is -0.136. The van der Waals surface area contributed by atoms with Gasteiger partial charge < -0.3 is 15.5 Å². The molecule has 0 radical (unpaired) electrons. The van der Waals surface area contributed by atoms with Crippen LogP contribution in [0.1, 0.15) is 24.8 Å². The van der Waals surface area contributed by atoms with Gasteiger partial charge in [-0.25, -0.2) is 0 Å². The molecule has 1 fully saturated rings. The third-order valence-corrected chi connectivity index (χ3v) is 5.71. The Hall–Kier alpha value is -2.47. The molecule has 28 heavy (non-hydrogen) atoms. The molecule has 1 heterocycles. The summed E-state index contributed by atoms with van der Waals surface area (Å²) in [5.41, 5.74) is 3.07.